The van der Waals surface area contributed by atoms with Crippen LogP contribution in [0, 0.1) is 13.8 Å². The second kappa shape index (κ2) is 13.7. The molecule has 1 N–H and O–H groups in total. The molecule has 5 aromatic rings. The third-order valence-corrected chi connectivity index (χ3v) is 6.76. The summed E-state index contributed by atoms with van der Waals surface area (Å²) in [6.07, 6.45) is 1.75. The summed E-state index contributed by atoms with van der Waals surface area (Å²) in [5, 5.41) is 2.58. The Hall–Kier alpha value is -5.79. The van der Waals surface area contributed by atoms with Gasteiger partial charge in [-0.25, -0.2) is 19.7 Å². The van der Waals surface area contributed by atoms with Gasteiger partial charge >= 0.3 is 12.3 Å². The lowest BCUT2D eigenvalue weighted by atomic mass is 10.1. The van der Waals surface area contributed by atoms with Crippen LogP contribution < -0.4 is 10.2 Å². The lowest BCUT2D eigenvalue weighted by Crippen LogP contribution is -2.27. The van der Waals surface area contributed by atoms with E-state index in [1.54, 1.807) is 64.5 Å². The first-order chi connectivity index (χ1) is 22.4. The fourth-order valence-corrected chi connectivity index (χ4v) is 4.54. The van der Waals surface area contributed by atoms with Crippen molar-refractivity contribution in [2.24, 2.45) is 0 Å². The molecule has 242 valence electrons. The van der Waals surface area contributed by atoms with Crippen molar-refractivity contribution in [2.45, 2.75) is 40.0 Å². The smallest absolute Gasteiger partial charge is 0.432 e. The third kappa shape index (κ3) is 8.09. The molecule has 0 aliphatic rings. The molecule has 5 rings (SSSR count). The monoisotopic (exact) mass is 645 g/mol. The van der Waals surface area contributed by atoms with Crippen molar-refractivity contribution in [1.29, 1.82) is 0 Å². The molecule has 11 nitrogen and oxygen atoms in total. The Bertz CT molecular complexity index is 1900. The van der Waals surface area contributed by atoms with Gasteiger partial charge in [0.25, 0.3) is 5.91 Å². The van der Waals surface area contributed by atoms with Gasteiger partial charge in [0.15, 0.2) is 6.73 Å². The molecular weight excluding hydrogens is 615 g/mol. The lowest BCUT2D eigenvalue weighted by Gasteiger charge is -2.25. The van der Waals surface area contributed by atoms with Crippen molar-refractivity contribution in [1.82, 2.24) is 24.5 Å². The number of pyridine rings is 1. The Morgan fingerprint density at radius 1 is 1.02 bits per heavy atom. The maximum Gasteiger partial charge on any atom is 0.510 e. The normalized spacial score (nSPS) is 11.3. The zero-order chi connectivity index (χ0) is 33.7. The average molecular weight is 646 g/mol. The number of anilines is 3. The molecule has 1 amide bonds. The molecule has 0 atom stereocenters. The van der Waals surface area contributed by atoms with E-state index in [1.165, 1.54) is 40.2 Å². The Kier molecular flexibility index (Phi) is 9.49. The van der Waals surface area contributed by atoms with Crippen molar-refractivity contribution in [2.75, 3.05) is 16.9 Å². The SMILES string of the molecule is Cc1cn(-c2cc(NC(=O)c3ccc(C)c(N(COC(=O)OC(C)C)c4nccc(-c5cccnc5)n4)c3)cc(C(F)(F)F)c2)cn1. The zero-order valence-corrected chi connectivity index (χ0v) is 25.8. The molecule has 0 spiro atoms. The van der Waals surface area contributed by atoms with Gasteiger partial charge in [-0.2, -0.15) is 13.2 Å². The summed E-state index contributed by atoms with van der Waals surface area (Å²) in [4.78, 5) is 44.6. The maximum atomic E-state index is 13.8. The number of ether oxygens (including phenoxy) is 2. The van der Waals surface area contributed by atoms with E-state index in [1.807, 2.05) is 6.07 Å². The molecule has 47 heavy (non-hydrogen) atoms. The highest BCUT2D eigenvalue weighted by atomic mass is 19.4. The molecule has 0 radical (unpaired) electrons. The van der Waals surface area contributed by atoms with Gasteiger partial charge in [-0.15, -0.1) is 0 Å². The van der Waals surface area contributed by atoms with E-state index in [0.29, 0.717) is 28.2 Å². The van der Waals surface area contributed by atoms with E-state index in [-0.39, 0.29) is 29.6 Å². The summed E-state index contributed by atoms with van der Waals surface area (Å²) >= 11 is 0. The fraction of sp³-hybridized carbons (Fsp3) is 0.212. The topological polar surface area (TPSA) is 124 Å². The summed E-state index contributed by atoms with van der Waals surface area (Å²) in [6, 6.07) is 13.2. The number of hydrogen-bond donors (Lipinski definition) is 1. The van der Waals surface area contributed by atoms with Gasteiger partial charge in [-0.05, 0) is 81.8 Å². The molecule has 0 fully saturated rings. The van der Waals surface area contributed by atoms with Crippen LogP contribution in [0.25, 0.3) is 16.9 Å². The summed E-state index contributed by atoms with van der Waals surface area (Å²) in [7, 11) is 0. The number of rotatable bonds is 9. The predicted molar refractivity (Wildman–Crippen MR) is 167 cm³/mol. The van der Waals surface area contributed by atoms with Crippen molar-refractivity contribution in [3.8, 4) is 16.9 Å². The number of benzene rings is 2. The second-order valence-corrected chi connectivity index (χ2v) is 10.7. The number of carbonyl (C=O) groups excluding carboxylic acids is 2. The van der Waals surface area contributed by atoms with Crippen molar-refractivity contribution in [3.05, 3.63) is 108 Å². The van der Waals surface area contributed by atoms with Crippen LogP contribution in [-0.4, -0.2) is 49.4 Å². The van der Waals surface area contributed by atoms with Gasteiger partial charge in [0.1, 0.15) is 0 Å². The molecule has 0 aliphatic heterocycles. The summed E-state index contributed by atoms with van der Waals surface area (Å²) in [5.41, 5.74) is 2.20. The number of aromatic nitrogens is 5. The average Bonchev–Trinajstić information content (AvgIpc) is 3.48. The molecule has 0 saturated carbocycles. The molecule has 14 heteroatoms. The number of nitrogens with one attached hydrogen (secondary N) is 1. The van der Waals surface area contributed by atoms with E-state index in [9.17, 15) is 22.8 Å². The molecule has 0 unspecified atom stereocenters. The number of alkyl halides is 3. The predicted octanol–water partition coefficient (Wildman–Crippen LogP) is 7.27. The van der Waals surface area contributed by atoms with E-state index in [4.69, 9.17) is 9.47 Å². The van der Waals surface area contributed by atoms with Crippen molar-refractivity contribution < 1.29 is 32.2 Å². The van der Waals surface area contributed by atoms with Crippen LogP contribution in [0.5, 0.6) is 0 Å². The van der Waals surface area contributed by atoms with Gasteiger partial charge in [0, 0.05) is 47.3 Å². The van der Waals surface area contributed by atoms with Gasteiger partial charge in [0.2, 0.25) is 5.95 Å². The zero-order valence-electron chi connectivity index (χ0n) is 25.8. The van der Waals surface area contributed by atoms with Crippen LogP contribution in [0.3, 0.4) is 0 Å². The first-order valence-corrected chi connectivity index (χ1v) is 14.4. The highest BCUT2D eigenvalue weighted by Crippen LogP contribution is 2.34. The standard InChI is InChI=1S/C33H30F3N7O4/c1-20(2)47-32(45)46-19-43(31-38-11-9-28(41-31)24-6-5-10-37-16-24)29-12-23(8-7-21(29)3)30(44)40-26-13-25(33(34,35)36)14-27(15-26)42-17-22(4)39-18-42/h5-18,20H,19H2,1-4H3,(H,40,44). The number of imidazole rings is 1. The van der Waals surface area contributed by atoms with E-state index < -0.39 is 29.9 Å². The minimum absolute atomic E-state index is 0.0718. The van der Waals surface area contributed by atoms with Gasteiger partial charge in [-0.3, -0.25) is 14.7 Å². The second-order valence-electron chi connectivity index (χ2n) is 10.7. The van der Waals surface area contributed by atoms with Crippen LogP contribution in [0.1, 0.15) is 41.0 Å². The molecule has 2 aromatic carbocycles. The van der Waals surface area contributed by atoms with E-state index >= 15 is 0 Å². The number of nitrogens with zero attached hydrogens (tertiary/aromatic N) is 6. The first kappa shape index (κ1) is 32.6. The quantitative estimate of drug-likeness (QED) is 0.130. The van der Waals surface area contributed by atoms with Crippen LogP contribution in [0.4, 0.5) is 35.3 Å². The minimum atomic E-state index is -4.66. The van der Waals surface area contributed by atoms with E-state index in [0.717, 1.165) is 12.1 Å². The van der Waals surface area contributed by atoms with Crippen LogP contribution in [0.2, 0.25) is 0 Å². The maximum absolute atomic E-state index is 13.8. The molecule has 0 bridgehead atoms. The number of aryl methyl sites for hydroxylation is 2. The van der Waals surface area contributed by atoms with E-state index in [2.05, 4.69) is 25.3 Å². The lowest BCUT2D eigenvalue weighted by molar-refractivity contribution is -0.137. The Balaban J connectivity index is 1.50. The van der Waals surface area contributed by atoms with Gasteiger partial charge < -0.3 is 19.4 Å². The molecule has 3 aromatic heterocycles. The number of carbonyl (C=O) groups is 2. The number of amides is 1. The summed E-state index contributed by atoms with van der Waals surface area (Å²) in [6.45, 7) is 6.46. The van der Waals surface area contributed by atoms with Crippen LogP contribution >= 0.6 is 0 Å². The molecule has 0 aliphatic carbocycles. The van der Waals surface area contributed by atoms with Crippen molar-refractivity contribution in [3.63, 3.8) is 0 Å². The minimum Gasteiger partial charge on any atom is -0.432 e. The Morgan fingerprint density at radius 3 is 2.51 bits per heavy atom. The molecule has 0 saturated heterocycles. The number of hydrogen-bond acceptors (Lipinski definition) is 9. The largest absolute Gasteiger partial charge is 0.510 e. The van der Waals surface area contributed by atoms with Crippen LogP contribution in [-0.2, 0) is 15.7 Å². The van der Waals surface area contributed by atoms with Gasteiger partial charge in [0.05, 0.1) is 35.1 Å². The van der Waals surface area contributed by atoms with Crippen molar-refractivity contribution >= 4 is 29.4 Å². The highest BCUT2D eigenvalue weighted by Gasteiger charge is 2.32. The highest BCUT2D eigenvalue weighted by molar-refractivity contribution is 6.05. The fourth-order valence-electron chi connectivity index (χ4n) is 4.54. The van der Waals surface area contributed by atoms with Gasteiger partial charge in [-0.1, -0.05) is 6.07 Å². The Labute approximate surface area is 268 Å². The first-order valence-electron chi connectivity index (χ1n) is 14.4. The molecule has 3 heterocycles. The van der Waals surface area contributed by atoms with Crippen LogP contribution in [0.15, 0.2) is 85.7 Å². The number of halogens is 3. The summed E-state index contributed by atoms with van der Waals surface area (Å²) in [5.74, 6) is -0.536. The third-order valence-electron chi connectivity index (χ3n) is 6.76. The molecular formula is C33H30F3N7O4. The Morgan fingerprint density at radius 2 is 1.83 bits per heavy atom. The summed E-state index contributed by atoms with van der Waals surface area (Å²) < 4.78 is 53.4.